The Morgan fingerprint density at radius 3 is 2.94 bits per heavy atom. The van der Waals surface area contributed by atoms with Gasteiger partial charge in [0.2, 0.25) is 0 Å². The van der Waals surface area contributed by atoms with Crippen LogP contribution in [0.2, 0.25) is 0 Å². The second-order valence-corrected chi connectivity index (χ2v) is 5.91. The summed E-state index contributed by atoms with van der Waals surface area (Å²) in [5.41, 5.74) is 8.67. The van der Waals surface area contributed by atoms with Gasteiger partial charge in [-0.25, -0.2) is 0 Å². The number of aromatic nitrogens is 1. The topological polar surface area (TPSA) is 38.9 Å². The minimum atomic E-state index is 0.138. The van der Waals surface area contributed by atoms with Gasteiger partial charge in [0.15, 0.2) is 0 Å². The first kappa shape index (κ1) is 11.9. The average molecular weight is 236 g/mol. The van der Waals surface area contributed by atoms with Crippen LogP contribution in [0, 0.1) is 6.92 Å². The number of rotatable bonds is 4. The van der Waals surface area contributed by atoms with Crippen LogP contribution in [-0.2, 0) is 0 Å². The fourth-order valence-corrected chi connectivity index (χ4v) is 3.57. The first-order valence-electron chi connectivity index (χ1n) is 6.05. The second-order valence-electron chi connectivity index (χ2n) is 4.58. The van der Waals surface area contributed by atoms with Crippen molar-refractivity contribution in [2.24, 2.45) is 5.73 Å². The van der Waals surface area contributed by atoms with Crippen molar-refractivity contribution in [3.05, 3.63) is 29.6 Å². The fourth-order valence-electron chi connectivity index (χ4n) is 2.25. The zero-order valence-corrected chi connectivity index (χ0v) is 10.7. The predicted octanol–water partition coefficient (Wildman–Crippen LogP) is 3.07. The van der Waals surface area contributed by atoms with Crippen LogP contribution in [0.5, 0.6) is 0 Å². The van der Waals surface area contributed by atoms with Gasteiger partial charge in [-0.3, -0.25) is 4.98 Å². The zero-order valence-electron chi connectivity index (χ0n) is 9.86. The van der Waals surface area contributed by atoms with Crippen molar-refractivity contribution < 1.29 is 0 Å². The Balaban J connectivity index is 1.87. The molecule has 1 aliphatic rings. The van der Waals surface area contributed by atoms with Crippen LogP contribution in [0.1, 0.15) is 42.9 Å². The van der Waals surface area contributed by atoms with E-state index in [0.29, 0.717) is 0 Å². The van der Waals surface area contributed by atoms with E-state index in [1.807, 2.05) is 30.2 Å². The Labute approximate surface area is 102 Å². The molecule has 2 rings (SSSR count). The first-order chi connectivity index (χ1) is 7.77. The van der Waals surface area contributed by atoms with Crippen molar-refractivity contribution in [2.45, 2.75) is 43.9 Å². The number of hydrogen-bond acceptors (Lipinski definition) is 3. The van der Waals surface area contributed by atoms with E-state index in [0.717, 1.165) is 11.0 Å². The van der Waals surface area contributed by atoms with Gasteiger partial charge in [0.1, 0.15) is 0 Å². The molecule has 1 aromatic rings. The molecular weight excluding hydrogens is 216 g/mol. The zero-order chi connectivity index (χ0) is 11.4. The lowest BCUT2D eigenvalue weighted by Crippen LogP contribution is -2.16. The smallest absolute Gasteiger partial charge is 0.0404 e. The van der Waals surface area contributed by atoms with Crippen LogP contribution >= 0.6 is 11.8 Å². The molecule has 1 heterocycles. The van der Waals surface area contributed by atoms with Crippen LogP contribution in [0.25, 0.3) is 0 Å². The Morgan fingerprint density at radius 2 is 2.25 bits per heavy atom. The summed E-state index contributed by atoms with van der Waals surface area (Å²) in [6.45, 7) is 2.11. The van der Waals surface area contributed by atoms with Gasteiger partial charge in [-0.2, -0.15) is 11.8 Å². The van der Waals surface area contributed by atoms with Gasteiger partial charge >= 0.3 is 0 Å². The Bertz CT molecular complexity index is 334. The monoisotopic (exact) mass is 236 g/mol. The van der Waals surface area contributed by atoms with Crippen molar-refractivity contribution >= 4 is 11.8 Å². The lowest BCUT2D eigenvalue weighted by Gasteiger charge is -2.16. The van der Waals surface area contributed by atoms with Crippen molar-refractivity contribution in [3.8, 4) is 0 Å². The number of aryl methyl sites for hydroxylation is 1. The van der Waals surface area contributed by atoms with E-state index >= 15 is 0 Å². The lowest BCUT2D eigenvalue weighted by molar-refractivity contribution is 0.806. The van der Waals surface area contributed by atoms with Crippen LogP contribution in [-0.4, -0.2) is 16.0 Å². The van der Waals surface area contributed by atoms with Gasteiger partial charge in [0.25, 0.3) is 0 Å². The molecule has 1 aromatic heterocycles. The molecule has 0 aliphatic heterocycles. The minimum Gasteiger partial charge on any atom is -0.323 e. The molecule has 3 heteroatoms. The molecule has 1 unspecified atom stereocenters. The number of nitrogens with zero attached hydrogens (tertiary/aromatic N) is 1. The summed E-state index contributed by atoms with van der Waals surface area (Å²) in [7, 11) is 0. The fraction of sp³-hybridized carbons (Fsp3) is 0.615. The maximum absolute atomic E-state index is 6.21. The van der Waals surface area contributed by atoms with E-state index in [-0.39, 0.29) is 6.04 Å². The molecule has 16 heavy (non-hydrogen) atoms. The van der Waals surface area contributed by atoms with E-state index in [9.17, 15) is 0 Å². The maximum atomic E-state index is 6.21. The molecule has 0 amide bonds. The van der Waals surface area contributed by atoms with Crippen LogP contribution in [0.4, 0.5) is 0 Å². The van der Waals surface area contributed by atoms with Gasteiger partial charge in [-0.1, -0.05) is 12.8 Å². The van der Waals surface area contributed by atoms with Gasteiger partial charge < -0.3 is 5.73 Å². The number of thioether (sulfide) groups is 1. The van der Waals surface area contributed by atoms with Crippen LogP contribution in [0.3, 0.4) is 0 Å². The van der Waals surface area contributed by atoms with Gasteiger partial charge in [-0.15, -0.1) is 0 Å². The Kier molecular flexibility index (Phi) is 4.24. The molecule has 88 valence electrons. The average Bonchev–Trinajstić information content (AvgIpc) is 2.79. The van der Waals surface area contributed by atoms with Crippen molar-refractivity contribution in [1.82, 2.24) is 4.98 Å². The van der Waals surface area contributed by atoms with E-state index < -0.39 is 0 Å². The summed E-state index contributed by atoms with van der Waals surface area (Å²) in [6, 6.07) is 2.18. The van der Waals surface area contributed by atoms with Gasteiger partial charge in [0.05, 0.1) is 0 Å². The van der Waals surface area contributed by atoms with Crippen molar-refractivity contribution in [3.63, 3.8) is 0 Å². The number of pyridine rings is 1. The van der Waals surface area contributed by atoms with E-state index in [2.05, 4.69) is 11.9 Å². The SMILES string of the molecule is Cc1ccncc1C(N)CSC1CCCC1. The molecule has 1 saturated carbocycles. The summed E-state index contributed by atoms with van der Waals surface area (Å²) >= 11 is 2.04. The highest BCUT2D eigenvalue weighted by Gasteiger charge is 2.17. The summed E-state index contributed by atoms with van der Waals surface area (Å²) in [6.07, 6.45) is 9.30. The summed E-state index contributed by atoms with van der Waals surface area (Å²) in [4.78, 5) is 4.16. The molecule has 0 saturated heterocycles. The highest BCUT2D eigenvalue weighted by Crippen LogP contribution is 2.31. The Hall–Kier alpha value is -0.540. The maximum Gasteiger partial charge on any atom is 0.0404 e. The number of hydrogen-bond donors (Lipinski definition) is 1. The molecular formula is C13H20N2S. The quantitative estimate of drug-likeness (QED) is 0.873. The van der Waals surface area contributed by atoms with Crippen molar-refractivity contribution in [2.75, 3.05) is 5.75 Å². The largest absolute Gasteiger partial charge is 0.323 e. The minimum absolute atomic E-state index is 0.138. The van der Waals surface area contributed by atoms with Gasteiger partial charge in [-0.05, 0) is 37.0 Å². The predicted molar refractivity (Wildman–Crippen MR) is 70.6 cm³/mol. The molecule has 0 bridgehead atoms. The molecule has 2 N–H and O–H groups in total. The summed E-state index contributed by atoms with van der Waals surface area (Å²) < 4.78 is 0. The van der Waals surface area contributed by atoms with Gasteiger partial charge in [0, 0.05) is 29.4 Å². The standard InChI is InChI=1S/C13H20N2S/c1-10-6-7-15-8-12(10)13(14)9-16-11-4-2-3-5-11/h6-8,11,13H,2-5,9,14H2,1H3. The highest BCUT2D eigenvalue weighted by molar-refractivity contribution is 7.99. The van der Waals surface area contributed by atoms with Crippen LogP contribution in [0.15, 0.2) is 18.5 Å². The number of nitrogens with two attached hydrogens (primary N) is 1. The summed E-state index contributed by atoms with van der Waals surface area (Å²) in [5, 5.41) is 0.850. The molecule has 1 atom stereocenters. The summed E-state index contributed by atoms with van der Waals surface area (Å²) in [5.74, 6) is 1.02. The van der Waals surface area contributed by atoms with E-state index in [4.69, 9.17) is 5.73 Å². The Morgan fingerprint density at radius 1 is 1.50 bits per heavy atom. The third-order valence-corrected chi connectivity index (χ3v) is 4.79. The van der Waals surface area contributed by atoms with E-state index in [1.165, 1.54) is 36.8 Å². The molecule has 0 spiro atoms. The molecule has 0 aromatic carbocycles. The third kappa shape index (κ3) is 2.98. The normalized spacial score (nSPS) is 18.9. The molecule has 2 nitrogen and oxygen atoms in total. The second kappa shape index (κ2) is 5.69. The molecule has 1 fully saturated rings. The first-order valence-corrected chi connectivity index (χ1v) is 7.10. The lowest BCUT2D eigenvalue weighted by atomic mass is 10.1. The van der Waals surface area contributed by atoms with E-state index in [1.54, 1.807) is 0 Å². The molecule has 1 aliphatic carbocycles. The third-order valence-electron chi connectivity index (χ3n) is 3.29. The van der Waals surface area contributed by atoms with Crippen molar-refractivity contribution in [1.29, 1.82) is 0 Å². The highest BCUT2D eigenvalue weighted by atomic mass is 32.2. The van der Waals surface area contributed by atoms with Crippen LogP contribution < -0.4 is 5.73 Å². The molecule has 0 radical (unpaired) electrons.